The van der Waals surface area contributed by atoms with Crippen molar-refractivity contribution in [1.82, 2.24) is 4.90 Å². The van der Waals surface area contributed by atoms with Crippen LogP contribution in [0.25, 0.3) is 11.0 Å². The van der Waals surface area contributed by atoms with E-state index in [0.29, 0.717) is 28.5 Å². The topological polar surface area (TPSA) is 70.1 Å². The molecule has 3 rings (SSSR count). The molecule has 2 heterocycles. The van der Waals surface area contributed by atoms with Crippen LogP contribution >= 0.6 is 0 Å². The van der Waals surface area contributed by atoms with Gasteiger partial charge in [-0.15, -0.1) is 0 Å². The van der Waals surface area contributed by atoms with E-state index in [9.17, 15) is 0 Å². The summed E-state index contributed by atoms with van der Waals surface area (Å²) < 4.78 is 22.7. The second kappa shape index (κ2) is 6.58. The van der Waals surface area contributed by atoms with Crippen LogP contribution in [0.4, 0.5) is 5.69 Å². The maximum atomic E-state index is 6.28. The number of nitrogen functional groups attached to an aromatic ring is 1. The number of fused-ring (bicyclic) bond motifs is 1. The Labute approximate surface area is 136 Å². The van der Waals surface area contributed by atoms with Crippen molar-refractivity contribution in [2.75, 3.05) is 33.0 Å². The summed E-state index contributed by atoms with van der Waals surface area (Å²) in [4.78, 5) is 2.31. The minimum absolute atomic E-state index is 0.0939. The molecule has 0 amide bonds. The molecule has 0 spiro atoms. The molecule has 0 aliphatic carbocycles. The number of benzene rings is 1. The lowest BCUT2D eigenvalue weighted by molar-refractivity contribution is 0.0250. The van der Waals surface area contributed by atoms with Gasteiger partial charge in [0.1, 0.15) is 11.9 Å². The van der Waals surface area contributed by atoms with Crippen molar-refractivity contribution in [3.63, 3.8) is 0 Å². The van der Waals surface area contributed by atoms with Crippen LogP contribution in [0.1, 0.15) is 26.2 Å². The highest BCUT2D eigenvalue weighted by atomic mass is 16.5. The Morgan fingerprint density at radius 3 is 2.43 bits per heavy atom. The minimum atomic E-state index is -0.0939. The monoisotopic (exact) mass is 320 g/mol. The van der Waals surface area contributed by atoms with Crippen LogP contribution < -0.4 is 19.9 Å². The molecule has 1 atom stereocenters. The summed E-state index contributed by atoms with van der Waals surface area (Å²) in [6.07, 6.45) is 5.17. The smallest absolute Gasteiger partial charge is 0.207 e. The summed E-state index contributed by atoms with van der Waals surface area (Å²) in [7, 11) is 3.17. The first-order chi connectivity index (χ1) is 11.2. The molecule has 2 N–H and O–H groups in total. The van der Waals surface area contributed by atoms with E-state index in [4.69, 9.17) is 24.4 Å². The average Bonchev–Trinajstić information content (AvgIpc) is 3.05. The normalized spacial score (nSPS) is 17.2. The van der Waals surface area contributed by atoms with Crippen molar-refractivity contribution in [2.45, 2.75) is 32.4 Å². The van der Waals surface area contributed by atoms with Gasteiger partial charge in [0.05, 0.1) is 25.9 Å². The summed E-state index contributed by atoms with van der Waals surface area (Å²) >= 11 is 0. The molecule has 1 fully saturated rings. The largest absolute Gasteiger partial charge is 0.494 e. The number of rotatable bonds is 5. The highest BCUT2D eigenvalue weighted by Gasteiger charge is 2.26. The zero-order chi connectivity index (χ0) is 16.4. The highest BCUT2D eigenvalue weighted by Crippen LogP contribution is 2.48. The molecule has 6 heteroatoms. The van der Waals surface area contributed by atoms with Crippen LogP contribution in [0.5, 0.6) is 17.2 Å². The summed E-state index contributed by atoms with van der Waals surface area (Å²) in [5.41, 5.74) is 7.30. The fraction of sp³-hybridized carbons (Fsp3) is 0.529. The Morgan fingerprint density at radius 1 is 1.09 bits per heavy atom. The van der Waals surface area contributed by atoms with Crippen molar-refractivity contribution >= 4 is 16.7 Å². The van der Waals surface area contributed by atoms with Crippen molar-refractivity contribution in [3.8, 4) is 17.2 Å². The molecule has 6 nitrogen and oxygen atoms in total. The number of piperidine rings is 1. The quantitative estimate of drug-likeness (QED) is 0.853. The van der Waals surface area contributed by atoms with Crippen molar-refractivity contribution < 1.29 is 18.6 Å². The number of hydrogen-bond donors (Lipinski definition) is 1. The third-order valence-electron chi connectivity index (χ3n) is 4.41. The van der Waals surface area contributed by atoms with Gasteiger partial charge in [-0.05, 0) is 25.8 Å². The number of anilines is 1. The van der Waals surface area contributed by atoms with E-state index in [1.165, 1.54) is 19.3 Å². The Kier molecular flexibility index (Phi) is 4.52. The fourth-order valence-corrected chi connectivity index (χ4v) is 3.19. The standard InChI is InChI=1S/C17H24N2O4/c1-11(19-8-5-4-6-9-19)23-16-13(18)14(20-2)12-7-10-22-15(12)17(16)21-3/h7,10-11H,4-6,8-9,18H2,1-3H3. The van der Waals surface area contributed by atoms with Crippen LogP contribution in [-0.2, 0) is 0 Å². The highest BCUT2D eigenvalue weighted by molar-refractivity contribution is 5.98. The molecule has 1 unspecified atom stereocenters. The number of furan rings is 1. The van der Waals surface area contributed by atoms with Crippen molar-refractivity contribution in [1.29, 1.82) is 0 Å². The molecule has 126 valence electrons. The molecule has 23 heavy (non-hydrogen) atoms. The van der Waals surface area contributed by atoms with Crippen LogP contribution in [0.15, 0.2) is 16.7 Å². The summed E-state index contributed by atoms with van der Waals surface area (Å²) in [5, 5.41) is 0.778. The van der Waals surface area contributed by atoms with Crippen LogP contribution in [0.3, 0.4) is 0 Å². The lowest BCUT2D eigenvalue weighted by Crippen LogP contribution is -2.40. The first kappa shape index (κ1) is 15.8. The molecule has 1 saturated heterocycles. The van der Waals surface area contributed by atoms with Gasteiger partial charge < -0.3 is 24.4 Å². The lowest BCUT2D eigenvalue weighted by Gasteiger charge is -2.33. The summed E-state index contributed by atoms with van der Waals surface area (Å²) in [5.74, 6) is 1.53. The Morgan fingerprint density at radius 2 is 1.78 bits per heavy atom. The Balaban J connectivity index is 1.99. The fourth-order valence-electron chi connectivity index (χ4n) is 3.19. The van der Waals surface area contributed by atoms with E-state index in [1.54, 1.807) is 20.5 Å². The Bertz CT molecular complexity index is 677. The molecule has 2 aromatic rings. The molecule has 1 aromatic heterocycles. The van der Waals surface area contributed by atoms with Gasteiger partial charge in [-0.1, -0.05) is 6.42 Å². The maximum Gasteiger partial charge on any atom is 0.207 e. The van der Waals surface area contributed by atoms with Gasteiger partial charge in [0.25, 0.3) is 0 Å². The zero-order valence-corrected chi connectivity index (χ0v) is 13.9. The van der Waals surface area contributed by atoms with Gasteiger partial charge in [-0.2, -0.15) is 0 Å². The first-order valence-corrected chi connectivity index (χ1v) is 7.98. The van der Waals surface area contributed by atoms with E-state index in [0.717, 1.165) is 18.5 Å². The number of methoxy groups -OCH3 is 2. The summed E-state index contributed by atoms with van der Waals surface area (Å²) in [6.45, 7) is 4.09. The predicted molar refractivity (Wildman–Crippen MR) is 89.2 cm³/mol. The molecule has 1 aliphatic rings. The van der Waals surface area contributed by atoms with Gasteiger partial charge in [0.2, 0.25) is 5.75 Å². The third kappa shape index (κ3) is 2.79. The average molecular weight is 320 g/mol. The van der Waals surface area contributed by atoms with Gasteiger partial charge in [0.15, 0.2) is 17.1 Å². The van der Waals surface area contributed by atoms with Gasteiger partial charge >= 0.3 is 0 Å². The predicted octanol–water partition coefficient (Wildman–Crippen LogP) is 3.24. The Hall–Kier alpha value is -2.08. The number of nitrogens with zero attached hydrogens (tertiary/aromatic N) is 1. The number of nitrogens with two attached hydrogens (primary N) is 1. The second-order valence-electron chi connectivity index (χ2n) is 5.79. The van der Waals surface area contributed by atoms with E-state index < -0.39 is 0 Å². The van der Waals surface area contributed by atoms with Gasteiger partial charge in [0, 0.05) is 13.1 Å². The third-order valence-corrected chi connectivity index (χ3v) is 4.41. The number of hydrogen-bond acceptors (Lipinski definition) is 6. The maximum absolute atomic E-state index is 6.28. The van der Waals surface area contributed by atoms with E-state index >= 15 is 0 Å². The minimum Gasteiger partial charge on any atom is -0.494 e. The first-order valence-electron chi connectivity index (χ1n) is 7.98. The molecule has 0 saturated carbocycles. The number of likely N-dealkylation sites (tertiary alicyclic amines) is 1. The summed E-state index contributed by atoms with van der Waals surface area (Å²) in [6, 6.07) is 1.81. The van der Waals surface area contributed by atoms with E-state index in [1.807, 2.05) is 13.0 Å². The molecular formula is C17H24N2O4. The van der Waals surface area contributed by atoms with E-state index in [-0.39, 0.29) is 6.23 Å². The molecule has 1 aromatic carbocycles. The number of ether oxygens (including phenoxy) is 3. The second-order valence-corrected chi connectivity index (χ2v) is 5.79. The van der Waals surface area contributed by atoms with E-state index in [2.05, 4.69) is 4.90 Å². The van der Waals surface area contributed by atoms with Crippen molar-refractivity contribution in [3.05, 3.63) is 12.3 Å². The van der Waals surface area contributed by atoms with Crippen molar-refractivity contribution in [2.24, 2.45) is 0 Å². The van der Waals surface area contributed by atoms with Gasteiger partial charge in [-0.3, -0.25) is 4.90 Å². The van der Waals surface area contributed by atoms with Gasteiger partial charge in [-0.25, -0.2) is 0 Å². The SMILES string of the molecule is COc1c(N)c(OC(C)N2CCCCC2)c(OC)c2occc12. The lowest BCUT2D eigenvalue weighted by atomic mass is 10.1. The molecular weight excluding hydrogens is 296 g/mol. The molecule has 0 radical (unpaired) electrons. The van der Waals surface area contributed by atoms with Crippen LogP contribution in [-0.4, -0.2) is 38.4 Å². The van der Waals surface area contributed by atoms with Crippen LogP contribution in [0.2, 0.25) is 0 Å². The van der Waals surface area contributed by atoms with Crippen LogP contribution in [0, 0.1) is 0 Å². The molecule has 1 aliphatic heterocycles. The molecule has 0 bridgehead atoms. The zero-order valence-electron chi connectivity index (χ0n) is 13.9.